The highest BCUT2D eigenvalue weighted by Gasteiger charge is 2.32. The van der Waals surface area contributed by atoms with Crippen LogP contribution in [0.25, 0.3) is 0 Å². The normalized spacial score (nSPS) is 27.6. The second kappa shape index (κ2) is 5.55. The molecular formula is C13H17F3N2O2. The van der Waals surface area contributed by atoms with E-state index in [1.165, 1.54) is 0 Å². The Hall–Kier alpha value is -1.37. The molecule has 0 bridgehead atoms. The summed E-state index contributed by atoms with van der Waals surface area (Å²) in [4.78, 5) is 11.7. The molecule has 0 amide bonds. The van der Waals surface area contributed by atoms with Crippen LogP contribution in [0.15, 0.2) is 17.1 Å². The highest BCUT2D eigenvalue weighted by atomic mass is 19.4. The first-order chi connectivity index (χ1) is 9.25. The molecule has 2 heterocycles. The van der Waals surface area contributed by atoms with Crippen LogP contribution in [-0.4, -0.2) is 22.0 Å². The molecule has 1 aromatic rings. The lowest BCUT2D eigenvalue weighted by atomic mass is 9.92. The number of hydrogen-bond donors (Lipinski definition) is 0. The van der Waals surface area contributed by atoms with E-state index in [4.69, 9.17) is 4.74 Å². The maximum Gasteiger partial charge on any atom is 0.418 e. The minimum absolute atomic E-state index is 0.0916. The maximum atomic E-state index is 12.5. The van der Waals surface area contributed by atoms with E-state index in [0.717, 1.165) is 17.5 Å². The maximum absolute atomic E-state index is 12.5. The molecule has 1 unspecified atom stereocenters. The summed E-state index contributed by atoms with van der Waals surface area (Å²) >= 11 is 0. The van der Waals surface area contributed by atoms with Crippen molar-refractivity contribution in [2.24, 2.45) is 5.92 Å². The van der Waals surface area contributed by atoms with E-state index >= 15 is 0 Å². The summed E-state index contributed by atoms with van der Waals surface area (Å²) in [6.45, 7) is 4.23. The van der Waals surface area contributed by atoms with Gasteiger partial charge in [-0.15, -0.1) is 0 Å². The van der Waals surface area contributed by atoms with Crippen LogP contribution < -0.4 is 5.56 Å². The molecule has 0 saturated carbocycles. The molecule has 7 heteroatoms. The van der Waals surface area contributed by atoms with Gasteiger partial charge in [-0.25, -0.2) is 4.68 Å². The van der Waals surface area contributed by atoms with Gasteiger partial charge in [0.15, 0.2) is 0 Å². The molecule has 4 nitrogen and oxygen atoms in total. The van der Waals surface area contributed by atoms with Crippen molar-refractivity contribution < 1.29 is 17.9 Å². The molecule has 112 valence electrons. The van der Waals surface area contributed by atoms with Gasteiger partial charge in [0.05, 0.1) is 24.0 Å². The topological polar surface area (TPSA) is 44.1 Å². The summed E-state index contributed by atoms with van der Waals surface area (Å²) < 4.78 is 44.1. The third-order valence-electron chi connectivity index (χ3n) is 3.42. The van der Waals surface area contributed by atoms with Gasteiger partial charge in [-0.1, -0.05) is 0 Å². The fourth-order valence-corrected chi connectivity index (χ4v) is 2.66. The standard InChI is InChI=1S/C13H17F3N2O2/c1-8-3-10(4-9(2)20-8)7-18-12(19)5-11(6-17-18)13(14,15)16/h5-6,8-10H,3-4,7H2,1-2H3/t8-,9+,10?. The van der Waals surface area contributed by atoms with Gasteiger partial charge in [0.25, 0.3) is 5.56 Å². The Bertz CT molecular complexity index is 517. The smallest absolute Gasteiger partial charge is 0.376 e. The minimum Gasteiger partial charge on any atom is -0.376 e. The number of aromatic nitrogens is 2. The first-order valence-electron chi connectivity index (χ1n) is 6.55. The Morgan fingerprint density at radius 1 is 1.35 bits per heavy atom. The van der Waals surface area contributed by atoms with Gasteiger partial charge in [-0.3, -0.25) is 4.79 Å². The molecule has 0 aromatic carbocycles. The molecule has 3 atom stereocenters. The molecular weight excluding hydrogens is 273 g/mol. The van der Waals surface area contributed by atoms with Gasteiger partial charge in [0, 0.05) is 12.6 Å². The lowest BCUT2D eigenvalue weighted by Crippen LogP contribution is -2.34. The zero-order chi connectivity index (χ0) is 14.9. The van der Waals surface area contributed by atoms with Crippen molar-refractivity contribution in [3.8, 4) is 0 Å². The molecule has 1 fully saturated rings. The van der Waals surface area contributed by atoms with Crippen LogP contribution in [0.1, 0.15) is 32.3 Å². The lowest BCUT2D eigenvalue weighted by molar-refractivity contribution is -0.138. The Morgan fingerprint density at radius 2 is 1.95 bits per heavy atom. The summed E-state index contributed by atoms with van der Waals surface area (Å²) in [6.07, 6.45) is -2.10. The number of rotatable bonds is 2. The summed E-state index contributed by atoms with van der Waals surface area (Å²) in [5.41, 5.74) is -1.72. The molecule has 1 aliphatic rings. The van der Waals surface area contributed by atoms with Crippen molar-refractivity contribution in [1.29, 1.82) is 0 Å². The van der Waals surface area contributed by atoms with Crippen LogP contribution in [-0.2, 0) is 17.5 Å². The molecule has 1 saturated heterocycles. The third kappa shape index (κ3) is 3.59. The van der Waals surface area contributed by atoms with E-state index in [2.05, 4.69) is 5.10 Å². The van der Waals surface area contributed by atoms with E-state index in [-0.39, 0.29) is 18.1 Å². The average Bonchev–Trinajstić information content (AvgIpc) is 2.29. The molecule has 0 radical (unpaired) electrons. The summed E-state index contributed by atoms with van der Waals surface area (Å²) in [5, 5.41) is 3.63. The zero-order valence-corrected chi connectivity index (χ0v) is 11.4. The van der Waals surface area contributed by atoms with Crippen molar-refractivity contribution in [2.75, 3.05) is 0 Å². The third-order valence-corrected chi connectivity index (χ3v) is 3.42. The second-order valence-corrected chi connectivity index (χ2v) is 5.36. The predicted molar refractivity (Wildman–Crippen MR) is 66.2 cm³/mol. The molecule has 2 rings (SSSR count). The Morgan fingerprint density at radius 3 is 2.45 bits per heavy atom. The zero-order valence-electron chi connectivity index (χ0n) is 11.4. The van der Waals surface area contributed by atoms with Crippen LogP contribution in [0.5, 0.6) is 0 Å². The quantitative estimate of drug-likeness (QED) is 0.840. The van der Waals surface area contributed by atoms with Crippen molar-refractivity contribution >= 4 is 0 Å². The van der Waals surface area contributed by atoms with E-state index in [1.807, 2.05) is 13.8 Å². The number of alkyl halides is 3. The summed E-state index contributed by atoms with van der Waals surface area (Å²) in [7, 11) is 0. The van der Waals surface area contributed by atoms with Crippen molar-refractivity contribution in [1.82, 2.24) is 9.78 Å². The first-order valence-corrected chi connectivity index (χ1v) is 6.55. The fraction of sp³-hybridized carbons (Fsp3) is 0.692. The first kappa shape index (κ1) is 15.0. The Kier molecular flexibility index (Phi) is 4.17. The monoisotopic (exact) mass is 290 g/mol. The van der Waals surface area contributed by atoms with E-state index < -0.39 is 17.3 Å². The largest absolute Gasteiger partial charge is 0.418 e. The van der Waals surface area contributed by atoms with Crippen molar-refractivity contribution in [3.05, 3.63) is 28.2 Å². The fourth-order valence-electron chi connectivity index (χ4n) is 2.66. The highest BCUT2D eigenvalue weighted by molar-refractivity contribution is 5.10. The molecule has 1 aliphatic heterocycles. The second-order valence-electron chi connectivity index (χ2n) is 5.36. The SMILES string of the molecule is C[C@@H]1CC(Cn2ncc(C(F)(F)F)cc2=O)C[C@H](C)O1. The number of hydrogen-bond acceptors (Lipinski definition) is 3. The molecule has 20 heavy (non-hydrogen) atoms. The summed E-state index contributed by atoms with van der Waals surface area (Å²) in [5.74, 6) is 0.190. The average molecular weight is 290 g/mol. The van der Waals surface area contributed by atoms with E-state index in [1.54, 1.807) is 0 Å². The van der Waals surface area contributed by atoms with Crippen LogP contribution >= 0.6 is 0 Å². The molecule has 0 spiro atoms. The van der Waals surface area contributed by atoms with E-state index in [0.29, 0.717) is 18.8 Å². The minimum atomic E-state index is -4.53. The Labute approximate surface area is 114 Å². The van der Waals surface area contributed by atoms with Crippen LogP contribution in [0, 0.1) is 5.92 Å². The van der Waals surface area contributed by atoms with E-state index in [9.17, 15) is 18.0 Å². The molecule has 0 aliphatic carbocycles. The number of nitrogens with zero attached hydrogens (tertiary/aromatic N) is 2. The van der Waals surface area contributed by atoms with Gasteiger partial charge in [0.1, 0.15) is 0 Å². The van der Waals surface area contributed by atoms with Gasteiger partial charge in [0.2, 0.25) is 0 Å². The predicted octanol–water partition coefficient (Wildman–Crippen LogP) is 2.47. The number of halogens is 3. The highest BCUT2D eigenvalue weighted by Crippen LogP contribution is 2.28. The van der Waals surface area contributed by atoms with Crippen LogP contribution in [0.4, 0.5) is 13.2 Å². The molecule has 1 aromatic heterocycles. The van der Waals surface area contributed by atoms with Crippen molar-refractivity contribution in [3.63, 3.8) is 0 Å². The van der Waals surface area contributed by atoms with Gasteiger partial charge < -0.3 is 4.74 Å². The lowest BCUT2D eigenvalue weighted by Gasteiger charge is -2.32. The molecule has 0 N–H and O–H groups in total. The number of ether oxygens (including phenoxy) is 1. The summed E-state index contributed by atoms with van der Waals surface area (Å²) in [6, 6.07) is 0.596. The van der Waals surface area contributed by atoms with Gasteiger partial charge >= 0.3 is 6.18 Å². The van der Waals surface area contributed by atoms with Crippen LogP contribution in [0.3, 0.4) is 0 Å². The van der Waals surface area contributed by atoms with Crippen molar-refractivity contribution in [2.45, 2.75) is 51.6 Å². The van der Waals surface area contributed by atoms with Crippen LogP contribution in [0.2, 0.25) is 0 Å². The van der Waals surface area contributed by atoms with Gasteiger partial charge in [-0.05, 0) is 32.6 Å². The Balaban J connectivity index is 2.12. The van der Waals surface area contributed by atoms with Gasteiger partial charge in [-0.2, -0.15) is 18.3 Å².